The van der Waals surface area contributed by atoms with Gasteiger partial charge in [0.05, 0.1) is 6.04 Å². The van der Waals surface area contributed by atoms with Crippen molar-refractivity contribution in [3.05, 3.63) is 34.3 Å². The number of nitrogens with zero attached hydrogens (tertiary/aromatic N) is 1. The minimum absolute atomic E-state index is 0.0345. The largest absolute Gasteiger partial charge is 0.353 e. The molecule has 1 atom stereocenters. The zero-order valence-corrected chi connectivity index (χ0v) is 10.8. The Labute approximate surface area is 104 Å². The van der Waals surface area contributed by atoms with Gasteiger partial charge in [0.2, 0.25) is 5.91 Å². The van der Waals surface area contributed by atoms with Crippen molar-refractivity contribution in [2.75, 3.05) is 13.1 Å². The predicted octanol–water partition coefficient (Wildman–Crippen LogP) is 1.77. The van der Waals surface area contributed by atoms with Crippen molar-refractivity contribution < 1.29 is 4.79 Å². The van der Waals surface area contributed by atoms with Crippen LogP contribution in [0.2, 0.25) is 0 Å². The van der Waals surface area contributed by atoms with Crippen LogP contribution in [0.3, 0.4) is 0 Å². The van der Waals surface area contributed by atoms with E-state index in [9.17, 15) is 4.79 Å². The highest BCUT2D eigenvalue weighted by molar-refractivity contribution is 9.10. The predicted molar refractivity (Wildman–Crippen MR) is 67.0 cm³/mol. The van der Waals surface area contributed by atoms with Crippen LogP contribution in [-0.2, 0) is 11.3 Å². The summed E-state index contributed by atoms with van der Waals surface area (Å²) in [6.45, 7) is 4.44. The number of hydrogen-bond acceptors (Lipinski definition) is 2. The highest BCUT2D eigenvalue weighted by atomic mass is 79.9. The lowest BCUT2D eigenvalue weighted by molar-refractivity contribution is -0.128. The lowest BCUT2D eigenvalue weighted by atomic mass is 10.1. The molecular weight excluding hydrogens is 268 g/mol. The number of nitrogens with one attached hydrogen (secondary N) is 1. The average molecular weight is 283 g/mol. The highest BCUT2D eigenvalue weighted by Crippen LogP contribution is 2.15. The molecule has 1 aromatic carbocycles. The minimum atomic E-state index is -0.0345. The molecule has 3 nitrogen and oxygen atoms in total. The molecule has 0 aromatic heterocycles. The monoisotopic (exact) mass is 282 g/mol. The van der Waals surface area contributed by atoms with Crippen molar-refractivity contribution >= 4 is 21.8 Å². The number of amides is 1. The van der Waals surface area contributed by atoms with Gasteiger partial charge >= 0.3 is 0 Å². The summed E-state index contributed by atoms with van der Waals surface area (Å²) in [7, 11) is 0. The van der Waals surface area contributed by atoms with Crippen LogP contribution in [0.1, 0.15) is 12.5 Å². The molecule has 16 heavy (non-hydrogen) atoms. The van der Waals surface area contributed by atoms with Crippen LogP contribution < -0.4 is 5.32 Å². The van der Waals surface area contributed by atoms with E-state index in [-0.39, 0.29) is 11.9 Å². The normalized spacial score (nSPS) is 21.9. The molecule has 0 bridgehead atoms. The number of hydrogen-bond donors (Lipinski definition) is 1. The molecule has 1 unspecified atom stereocenters. The summed E-state index contributed by atoms with van der Waals surface area (Å²) in [4.78, 5) is 13.7. The number of carbonyl (C=O) groups excluding carboxylic acids is 1. The first kappa shape index (κ1) is 11.6. The smallest absolute Gasteiger partial charge is 0.237 e. The molecule has 0 saturated carbocycles. The maximum absolute atomic E-state index is 11.5. The van der Waals surface area contributed by atoms with Gasteiger partial charge in [0.1, 0.15) is 0 Å². The number of benzene rings is 1. The summed E-state index contributed by atoms with van der Waals surface area (Å²) in [5, 5.41) is 2.87. The fourth-order valence-electron chi connectivity index (χ4n) is 1.92. The van der Waals surface area contributed by atoms with Crippen LogP contribution in [0.5, 0.6) is 0 Å². The van der Waals surface area contributed by atoms with E-state index in [0.717, 1.165) is 24.1 Å². The molecular formula is C12H15BrN2O. The quantitative estimate of drug-likeness (QED) is 0.897. The molecule has 2 rings (SSSR count). The standard InChI is InChI=1S/C12H15BrN2O/c1-9-12(16)14-5-6-15(9)8-10-3-2-4-11(13)7-10/h2-4,7,9H,5-6,8H2,1H3,(H,14,16). The van der Waals surface area contributed by atoms with Crippen LogP contribution in [0, 0.1) is 0 Å². The molecule has 0 spiro atoms. The van der Waals surface area contributed by atoms with Crippen molar-refractivity contribution in [2.45, 2.75) is 19.5 Å². The van der Waals surface area contributed by atoms with E-state index >= 15 is 0 Å². The van der Waals surface area contributed by atoms with Gasteiger partial charge in [-0.25, -0.2) is 0 Å². The fraction of sp³-hybridized carbons (Fsp3) is 0.417. The van der Waals surface area contributed by atoms with Gasteiger partial charge in [0.25, 0.3) is 0 Å². The van der Waals surface area contributed by atoms with Crippen LogP contribution in [0.4, 0.5) is 0 Å². The lowest BCUT2D eigenvalue weighted by Gasteiger charge is -2.32. The van der Waals surface area contributed by atoms with Crippen molar-refractivity contribution in [3.63, 3.8) is 0 Å². The Morgan fingerprint density at radius 2 is 2.38 bits per heavy atom. The maximum Gasteiger partial charge on any atom is 0.237 e. The third-order valence-corrected chi connectivity index (χ3v) is 3.39. The Kier molecular flexibility index (Phi) is 3.61. The first-order valence-corrected chi connectivity index (χ1v) is 6.22. The maximum atomic E-state index is 11.5. The van der Waals surface area contributed by atoms with Crippen LogP contribution >= 0.6 is 15.9 Å². The zero-order chi connectivity index (χ0) is 11.5. The van der Waals surface area contributed by atoms with Gasteiger partial charge in [0, 0.05) is 24.1 Å². The zero-order valence-electron chi connectivity index (χ0n) is 9.24. The van der Waals surface area contributed by atoms with Crippen LogP contribution in [0.25, 0.3) is 0 Å². The van der Waals surface area contributed by atoms with E-state index in [0.29, 0.717) is 0 Å². The lowest BCUT2D eigenvalue weighted by Crippen LogP contribution is -2.53. The SMILES string of the molecule is CC1C(=O)NCCN1Cc1cccc(Br)c1. The van der Waals surface area contributed by atoms with Crippen molar-refractivity contribution in [1.29, 1.82) is 0 Å². The summed E-state index contributed by atoms with van der Waals surface area (Å²) in [5.74, 6) is 0.126. The second-order valence-electron chi connectivity index (χ2n) is 4.07. The highest BCUT2D eigenvalue weighted by Gasteiger charge is 2.24. The minimum Gasteiger partial charge on any atom is -0.353 e. The van der Waals surface area contributed by atoms with Gasteiger partial charge in [-0.3, -0.25) is 9.69 Å². The molecule has 1 saturated heterocycles. The van der Waals surface area contributed by atoms with Crippen molar-refractivity contribution in [3.8, 4) is 0 Å². The Morgan fingerprint density at radius 1 is 1.56 bits per heavy atom. The van der Waals surface area contributed by atoms with Gasteiger partial charge in [-0.05, 0) is 24.6 Å². The van der Waals surface area contributed by atoms with E-state index in [1.54, 1.807) is 0 Å². The fourth-order valence-corrected chi connectivity index (χ4v) is 2.36. The molecule has 0 aliphatic carbocycles. The summed E-state index contributed by atoms with van der Waals surface area (Å²) in [5.41, 5.74) is 1.23. The van der Waals surface area contributed by atoms with Gasteiger partial charge < -0.3 is 5.32 Å². The summed E-state index contributed by atoms with van der Waals surface area (Å²) in [6, 6.07) is 8.18. The summed E-state index contributed by atoms with van der Waals surface area (Å²) in [6.07, 6.45) is 0. The van der Waals surface area contributed by atoms with Gasteiger partial charge in [-0.15, -0.1) is 0 Å². The van der Waals surface area contributed by atoms with E-state index in [1.807, 2.05) is 19.1 Å². The van der Waals surface area contributed by atoms with Crippen molar-refractivity contribution in [1.82, 2.24) is 10.2 Å². The Hall–Kier alpha value is -0.870. The third kappa shape index (κ3) is 2.62. The number of rotatable bonds is 2. The van der Waals surface area contributed by atoms with Crippen LogP contribution in [-0.4, -0.2) is 29.9 Å². The number of carbonyl (C=O) groups is 1. The molecule has 1 heterocycles. The molecule has 1 aliphatic heterocycles. The van der Waals surface area contributed by atoms with Crippen LogP contribution in [0.15, 0.2) is 28.7 Å². The molecule has 4 heteroatoms. The van der Waals surface area contributed by atoms with E-state index in [4.69, 9.17) is 0 Å². The van der Waals surface area contributed by atoms with Gasteiger partial charge in [0.15, 0.2) is 0 Å². The second-order valence-corrected chi connectivity index (χ2v) is 4.98. The molecule has 86 valence electrons. The van der Waals surface area contributed by atoms with Crippen molar-refractivity contribution in [2.24, 2.45) is 0 Å². The summed E-state index contributed by atoms with van der Waals surface area (Å²) >= 11 is 3.46. The Bertz CT molecular complexity index is 394. The molecule has 1 aromatic rings. The first-order chi connectivity index (χ1) is 7.66. The Balaban J connectivity index is 2.06. The van der Waals surface area contributed by atoms with E-state index < -0.39 is 0 Å². The van der Waals surface area contributed by atoms with Gasteiger partial charge in [-0.1, -0.05) is 28.1 Å². The topological polar surface area (TPSA) is 32.3 Å². The second kappa shape index (κ2) is 4.97. The molecule has 1 amide bonds. The molecule has 0 radical (unpaired) electrons. The number of halogens is 1. The molecule has 1 aliphatic rings. The first-order valence-electron chi connectivity index (χ1n) is 5.43. The molecule has 1 fully saturated rings. The summed E-state index contributed by atoms with van der Waals surface area (Å²) < 4.78 is 1.08. The van der Waals surface area contributed by atoms with E-state index in [2.05, 4.69) is 38.3 Å². The number of piperazine rings is 1. The average Bonchev–Trinajstić information content (AvgIpc) is 2.25. The Morgan fingerprint density at radius 3 is 3.12 bits per heavy atom. The molecule has 1 N–H and O–H groups in total. The van der Waals surface area contributed by atoms with E-state index in [1.165, 1.54) is 5.56 Å². The van der Waals surface area contributed by atoms with Gasteiger partial charge in [-0.2, -0.15) is 0 Å². The third-order valence-electron chi connectivity index (χ3n) is 2.90.